The molecular formula is C20H14Cl2N4O4. The molecule has 8 nitrogen and oxygen atoms in total. The molecule has 0 aliphatic carbocycles. The molecule has 0 saturated carbocycles. The minimum absolute atomic E-state index is 0.128. The second-order valence-electron chi connectivity index (χ2n) is 6.12. The van der Waals surface area contributed by atoms with Gasteiger partial charge in [-0.05, 0) is 35.9 Å². The van der Waals surface area contributed by atoms with E-state index in [1.165, 1.54) is 35.0 Å². The van der Waals surface area contributed by atoms with Crippen LogP contribution in [0.2, 0.25) is 10.0 Å². The zero-order valence-corrected chi connectivity index (χ0v) is 16.8. The van der Waals surface area contributed by atoms with E-state index < -0.39 is 16.4 Å². The van der Waals surface area contributed by atoms with Crippen LogP contribution in [0.3, 0.4) is 0 Å². The molecule has 0 bridgehead atoms. The number of nitrogens with one attached hydrogen (secondary N) is 1. The molecule has 0 saturated heterocycles. The second kappa shape index (κ2) is 9.34. The van der Waals surface area contributed by atoms with E-state index in [1.807, 2.05) is 0 Å². The third kappa shape index (κ3) is 4.91. The summed E-state index contributed by atoms with van der Waals surface area (Å²) >= 11 is 11.9. The van der Waals surface area contributed by atoms with Gasteiger partial charge in [0, 0.05) is 12.3 Å². The van der Waals surface area contributed by atoms with Crippen molar-refractivity contribution >= 4 is 41.0 Å². The molecule has 0 radical (unpaired) electrons. The molecule has 3 aromatic rings. The Hall–Kier alpha value is -3.49. The van der Waals surface area contributed by atoms with Crippen molar-refractivity contribution in [3.05, 3.63) is 108 Å². The zero-order valence-electron chi connectivity index (χ0n) is 15.3. The number of nitro benzene ring substituents is 1. The number of para-hydroxylation sites is 1. The lowest BCUT2D eigenvalue weighted by molar-refractivity contribution is -0.385. The van der Waals surface area contributed by atoms with Gasteiger partial charge in [-0.2, -0.15) is 5.10 Å². The number of hydrogen-bond donors (Lipinski definition) is 1. The van der Waals surface area contributed by atoms with Crippen molar-refractivity contribution in [2.45, 2.75) is 6.54 Å². The van der Waals surface area contributed by atoms with Crippen LogP contribution in [0.15, 0.2) is 70.7 Å². The fraction of sp³-hybridized carbons (Fsp3) is 0.0500. The average molecular weight is 445 g/mol. The molecule has 0 unspecified atom stereocenters. The maximum atomic E-state index is 12.6. The first-order chi connectivity index (χ1) is 14.4. The van der Waals surface area contributed by atoms with Crippen LogP contribution >= 0.6 is 23.2 Å². The number of halogens is 2. The van der Waals surface area contributed by atoms with Gasteiger partial charge in [-0.15, -0.1) is 0 Å². The largest absolute Gasteiger partial charge is 0.310 e. The number of pyridine rings is 1. The van der Waals surface area contributed by atoms with Crippen molar-refractivity contribution < 1.29 is 9.72 Å². The van der Waals surface area contributed by atoms with Gasteiger partial charge in [-0.1, -0.05) is 41.4 Å². The Morgan fingerprint density at radius 2 is 1.90 bits per heavy atom. The van der Waals surface area contributed by atoms with E-state index >= 15 is 0 Å². The van der Waals surface area contributed by atoms with Crippen molar-refractivity contribution in [2.75, 3.05) is 0 Å². The van der Waals surface area contributed by atoms with Crippen molar-refractivity contribution in [3.63, 3.8) is 0 Å². The van der Waals surface area contributed by atoms with Crippen molar-refractivity contribution in [1.82, 2.24) is 9.99 Å². The minimum Gasteiger partial charge on any atom is -0.310 e. The molecule has 1 N–H and O–H groups in total. The van der Waals surface area contributed by atoms with Gasteiger partial charge in [0.05, 0.1) is 33.3 Å². The van der Waals surface area contributed by atoms with Crippen LogP contribution in [0.4, 0.5) is 5.69 Å². The molecule has 0 aliphatic heterocycles. The molecule has 1 heterocycles. The molecule has 0 atom stereocenters. The van der Waals surface area contributed by atoms with E-state index in [9.17, 15) is 19.7 Å². The second-order valence-corrected chi connectivity index (χ2v) is 6.93. The average Bonchev–Trinajstić information content (AvgIpc) is 2.72. The number of rotatable bonds is 6. The SMILES string of the molecule is O=C(N/N=C\c1ccccc1[N+](=O)[O-])c1cccn(Cc2ccc(Cl)c(Cl)c2)c1=O. The summed E-state index contributed by atoms with van der Waals surface area (Å²) in [5, 5.41) is 15.5. The van der Waals surface area contributed by atoms with Crippen molar-refractivity contribution in [3.8, 4) is 0 Å². The third-order valence-electron chi connectivity index (χ3n) is 4.10. The topological polar surface area (TPSA) is 107 Å². The molecule has 0 fully saturated rings. The summed E-state index contributed by atoms with van der Waals surface area (Å²) in [5.74, 6) is -0.738. The zero-order chi connectivity index (χ0) is 21.7. The van der Waals surface area contributed by atoms with Crippen LogP contribution in [-0.4, -0.2) is 21.6 Å². The fourth-order valence-corrected chi connectivity index (χ4v) is 2.97. The highest BCUT2D eigenvalue weighted by atomic mass is 35.5. The Morgan fingerprint density at radius 1 is 1.13 bits per heavy atom. The summed E-state index contributed by atoms with van der Waals surface area (Å²) < 4.78 is 1.35. The highest BCUT2D eigenvalue weighted by Crippen LogP contribution is 2.22. The summed E-state index contributed by atoms with van der Waals surface area (Å²) in [6, 6.07) is 13.8. The number of benzene rings is 2. The standard InChI is InChI=1S/C20H14Cl2N4O4/c21-16-8-7-13(10-17(16)22)12-25-9-3-5-15(20(25)28)19(27)24-23-11-14-4-1-2-6-18(14)26(29)30/h1-11H,12H2,(H,24,27)/b23-11-. The lowest BCUT2D eigenvalue weighted by Crippen LogP contribution is -2.30. The monoisotopic (exact) mass is 444 g/mol. The molecule has 2 aromatic carbocycles. The quantitative estimate of drug-likeness (QED) is 0.353. The van der Waals surface area contributed by atoms with Gasteiger partial charge in [-0.3, -0.25) is 19.7 Å². The normalized spacial score (nSPS) is 10.9. The van der Waals surface area contributed by atoms with E-state index in [4.69, 9.17) is 23.2 Å². The summed E-state index contributed by atoms with van der Waals surface area (Å²) in [6.45, 7) is 0.191. The molecule has 3 rings (SSSR count). The summed E-state index contributed by atoms with van der Waals surface area (Å²) in [6.07, 6.45) is 2.69. The van der Waals surface area contributed by atoms with Crippen molar-refractivity contribution in [2.24, 2.45) is 5.10 Å². The number of hydrogen-bond acceptors (Lipinski definition) is 5. The maximum absolute atomic E-state index is 12.6. The van der Waals surface area contributed by atoms with E-state index in [2.05, 4.69) is 10.5 Å². The van der Waals surface area contributed by atoms with Gasteiger partial charge in [0.2, 0.25) is 0 Å². The first-order valence-electron chi connectivity index (χ1n) is 8.57. The maximum Gasteiger partial charge on any atom is 0.278 e. The fourth-order valence-electron chi connectivity index (χ4n) is 2.65. The van der Waals surface area contributed by atoms with E-state index in [0.29, 0.717) is 10.0 Å². The minimum atomic E-state index is -0.738. The molecule has 1 amide bonds. The van der Waals surface area contributed by atoms with Gasteiger partial charge in [0.15, 0.2) is 0 Å². The lowest BCUT2D eigenvalue weighted by Gasteiger charge is -2.08. The van der Waals surface area contributed by atoms with Crippen molar-refractivity contribution in [1.29, 1.82) is 0 Å². The Morgan fingerprint density at radius 3 is 2.63 bits per heavy atom. The summed E-state index contributed by atoms with van der Waals surface area (Å²) in [5.41, 5.74) is 2.36. The molecular weight excluding hydrogens is 431 g/mol. The molecule has 1 aromatic heterocycles. The van der Waals surface area contributed by atoms with E-state index in [0.717, 1.165) is 11.8 Å². The highest BCUT2D eigenvalue weighted by molar-refractivity contribution is 6.42. The highest BCUT2D eigenvalue weighted by Gasteiger charge is 2.13. The smallest absolute Gasteiger partial charge is 0.278 e. The molecule has 10 heteroatoms. The number of nitro groups is 1. The number of carbonyl (C=O) groups excluding carboxylic acids is 1. The Bertz CT molecular complexity index is 1210. The Kier molecular flexibility index (Phi) is 6.61. The first-order valence-corrected chi connectivity index (χ1v) is 9.32. The number of carbonyl (C=O) groups is 1. The lowest BCUT2D eigenvalue weighted by atomic mass is 10.2. The van der Waals surface area contributed by atoms with Crippen LogP contribution < -0.4 is 11.0 Å². The first kappa shape index (κ1) is 21.2. The summed E-state index contributed by atoms with van der Waals surface area (Å²) in [7, 11) is 0. The van der Waals surface area contributed by atoms with Gasteiger partial charge in [0.1, 0.15) is 5.56 Å². The van der Waals surface area contributed by atoms with Crippen LogP contribution in [0, 0.1) is 10.1 Å². The van der Waals surface area contributed by atoms with Crippen LogP contribution in [-0.2, 0) is 6.54 Å². The molecule has 0 aliphatic rings. The van der Waals surface area contributed by atoms with Gasteiger partial charge in [-0.25, -0.2) is 5.43 Å². The molecule has 0 spiro atoms. The number of amides is 1. The Labute approximate surface area is 180 Å². The van der Waals surface area contributed by atoms with E-state index in [-0.39, 0.29) is 23.4 Å². The van der Waals surface area contributed by atoms with Gasteiger partial charge in [0.25, 0.3) is 17.2 Å². The van der Waals surface area contributed by atoms with E-state index in [1.54, 1.807) is 30.3 Å². The van der Waals surface area contributed by atoms with Gasteiger partial charge < -0.3 is 4.57 Å². The number of aromatic nitrogens is 1. The number of hydrazone groups is 1. The van der Waals surface area contributed by atoms with Crippen LogP contribution in [0.1, 0.15) is 21.5 Å². The third-order valence-corrected chi connectivity index (χ3v) is 4.84. The van der Waals surface area contributed by atoms with Crippen LogP contribution in [0.5, 0.6) is 0 Å². The van der Waals surface area contributed by atoms with Gasteiger partial charge >= 0.3 is 0 Å². The predicted molar refractivity (Wildman–Crippen MR) is 114 cm³/mol. The van der Waals surface area contributed by atoms with Crippen LogP contribution in [0.25, 0.3) is 0 Å². The summed E-state index contributed by atoms with van der Waals surface area (Å²) in [4.78, 5) is 35.5. The Balaban J connectivity index is 1.77. The molecule has 152 valence electrons. The molecule has 30 heavy (non-hydrogen) atoms. The predicted octanol–water partition coefficient (Wildman–Crippen LogP) is 3.88. The number of nitrogens with zero attached hydrogens (tertiary/aromatic N) is 3.